The van der Waals surface area contributed by atoms with E-state index in [0.29, 0.717) is 35.1 Å². The van der Waals surface area contributed by atoms with Gasteiger partial charge in [0.15, 0.2) is 6.04 Å². The van der Waals surface area contributed by atoms with Gasteiger partial charge in [-0.2, -0.15) is 5.26 Å². The average molecular weight is 352 g/mol. The second kappa shape index (κ2) is 8.91. The van der Waals surface area contributed by atoms with Crippen LogP contribution in [0.5, 0.6) is 5.75 Å². The third-order valence-corrected chi connectivity index (χ3v) is 3.89. The maximum atomic E-state index is 11.8. The van der Waals surface area contributed by atoms with E-state index in [4.69, 9.17) is 10.00 Å². The zero-order valence-corrected chi connectivity index (χ0v) is 15.3. The number of nitrogens with one attached hydrogen (secondary N) is 1. The lowest BCUT2D eigenvalue weighted by Crippen LogP contribution is -2.21. The van der Waals surface area contributed by atoms with Crippen LogP contribution in [0.2, 0.25) is 0 Å². The fourth-order valence-electron chi connectivity index (χ4n) is 2.50. The monoisotopic (exact) mass is 352 g/mol. The second-order valence-electron chi connectivity index (χ2n) is 6.57. The smallest absolute Gasteiger partial charge is 0.330 e. The molecule has 0 radical (unpaired) electrons. The molecule has 0 spiro atoms. The number of anilines is 1. The van der Waals surface area contributed by atoms with Gasteiger partial charge >= 0.3 is 5.97 Å². The standard InChI is InChI=1S/C21H24N2O3/c1-4-15-9-17(11-19(10-15)26-13-14(2)3)20(21(24)25)23-18-7-5-16(12-22)6-8-18/h5-11,14,20,23H,4,13H2,1-3H3,(H,24,25). The number of carboxylic acid groups (broad SMARTS) is 1. The first-order valence-corrected chi connectivity index (χ1v) is 8.69. The minimum atomic E-state index is -0.975. The first-order chi connectivity index (χ1) is 12.4. The molecule has 2 rings (SSSR count). The van der Waals surface area contributed by atoms with E-state index in [1.165, 1.54) is 0 Å². The van der Waals surface area contributed by atoms with Gasteiger partial charge in [-0.25, -0.2) is 4.79 Å². The zero-order chi connectivity index (χ0) is 19.1. The molecule has 136 valence electrons. The number of carboxylic acids is 1. The normalized spacial score (nSPS) is 11.7. The molecule has 26 heavy (non-hydrogen) atoms. The van der Waals surface area contributed by atoms with Crippen molar-refractivity contribution in [2.24, 2.45) is 5.92 Å². The summed E-state index contributed by atoms with van der Waals surface area (Å²) in [6, 6.07) is 13.5. The number of carbonyl (C=O) groups is 1. The number of hydrogen-bond donors (Lipinski definition) is 2. The predicted molar refractivity (Wildman–Crippen MR) is 101 cm³/mol. The van der Waals surface area contributed by atoms with Gasteiger partial charge in [0.25, 0.3) is 0 Å². The number of ether oxygens (including phenoxy) is 1. The van der Waals surface area contributed by atoms with E-state index in [0.717, 1.165) is 12.0 Å². The Labute approximate surface area is 154 Å². The van der Waals surface area contributed by atoms with Gasteiger partial charge in [-0.15, -0.1) is 0 Å². The van der Waals surface area contributed by atoms with Crippen molar-refractivity contribution < 1.29 is 14.6 Å². The number of benzene rings is 2. The van der Waals surface area contributed by atoms with Crippen molar-refractivity contribution in [2.45, 2.75) is 33.2 Å². The summed E-state index contributed by atoms with van der Waals surface area (Å²) in [6.45, 7) is 6.73. The van der Waals surface area contributed by atoms with Crippen LogP contribution in [-0.2, 0) is 11.2 Å². The van der Waals surface area contributed by atoms with E-state index in [-0.39, 0.29) is 0 Å². The zero-order valence-electron chi connectivity index (χ0n) is 15.3. The molecule has 0 aliphatic carbocycles. The van der Waals surface area contributed by atoms with Crippen LogP contribution < -0.4 is 10.1 Å². The quantitative estimate of drug-likeness (QED) is 0.736. The first kappa shape index (κ1) is 19.3. The van der Waals surface area contributed by atoms with E-state index >= 15 is 0 Å². The van der Waals surface area contributed by atoms with E-state index in [1.54, 1.807) is 30.3 Å². The minimum absolute atomic E-state index is 0.385. The van der Waals surface area contributed by atoms with Crippen molar-refractivity contribution in [2.75, 3.05) is 11.9 Å². The summed E-state index contributed by atoms with van der Waals surface area (Å²) in [4.78, 5) is 11.8. The van der Waals surface area contributed by atoms with Crippen molar-refractivity contribution in [1.29, 1.82) is 5.26 Å². The SMILES string of the molecule is CCc1cc(OCC(C)C)cc(C(Nc2ccc(C#N)cc2)C(=O)O)c1. The number of nitriles is 1. The van der Waals surface area contributed by atoms with Crippen LogP contribution in [0.25, 0.3) is 0 Å². The summed E-state index contributed by atoms with van der Waals surface area (Å²) in [5, 5.41) is 21.6. The van der Waals surface area contributed by atoms with Crippen molar-refractivity contribution in [3.8, 4) is 11.8 Å². The minimum Gasteiger partial charge on any atom is -0.493 e. The Morgan fingerprint density at radius 3 is 2.46 bits per heavy atom. The van der Waals surface area contributed by atoms with Crippen LogP contribution in [0.1, 0.15) is 43.5 Å². The lowest BCUT2D eigenvalue weighted by Gasteiger charge is -2.19. The van der Waals surface area contributed by atoms with Gasteiger partial charge in [0, 0.05) is 5.69 Å². The van der Waals surface area contributed by atoms with Gasteiger partial charge in [-0.05, 0) is 59.9 Å². The number of aliphatic carboxylic acids is 1. The highest BCUT2D eigenvalue weighted by Crippen LogP contribution is 2.26. The van der Waals surface area contributed by atoms with Crippen LogP contribution in [0.15, 0.2) is 42.5 Å². The molecule has 0 aromatic heterocycles. The Balaban J connectivity index is 2.31. The van der Waals surface area contributed by atoms with Gasteiger partial charge in [0.1, 0.15) is 5.75 Å². The molecule has 1 atom stereocenters. The highest BCUT2D eigenvalue weighted by molar-refractivity contribution is 5.79. The summed E-state index contributed by atoms with van der Waals surface area (Å²) < 4.78 is 5.80. The number of aryl methyl sites for hydroxylation is 1. The number of nitrogens with zero attached hydrogens (tertiary/aromatic N) is 1. The third kappa shape index (κ3) is 5.25. The van der Waals surface area contributed by atoms with E-state index in [1.807, 2.05) is 25.1 Å². The van der Waals surface area contributed by atoms with Gasteiger partial charge < -0.3 is 15.2 Å². The molecule has 5 heteroatoms. The highest BCUT2D eigenvalue weighted by Gasteiger charge is 2.21. The molecule has 0 heterocycles. The molecule has 2 N–H and O–H groups in total. The Kier molecular flexibility index (Phi) is 6.62. The van der Waals surface area contributed by atoms with Crippen LogP contribution in [0.3, 0.4) is 0 Å². The molecule has 2 aromatic rings. The Hall–Kier alpha value is -3.00. The number of rotatable bonds is 8. The average Bonchev–Trinajstić information content (AvgIpc) is 2.64. The van der Waals surface area contributed by atoms with Crippen LogP contribution >= 0.6 is 0 Å². The van der Waals surface area contributed by atoms with E-state index in [2.05, 4.69) is 19.2 Å². The Morgan fingerprint density at radius 2 is 1.92 bits per heavy atom. The summed E-state index contributed by atoms with van der Waals surface area (Å²) in [6.07, 6.45) is 0.787. The third-order valence-electron chi connectivity index (χ3n) is 3.89. The molecule has 0 saturated carbocycles. The predicted octanol–water partition coefficient (Wildman–Crippen LogP) is 4.39. The molecule has 2 aromatic carbocycles. The highest BCUT2D eigenvalue weighted by atomic mass is 16.5. The van der Waals surface area contributed by atoms with Gasteiger partial charge in [0.05, 0.1) is 18.2 Å². The summed E-state index contributed by atoms with van der Waals surface area (Å²) in [5.74, 6) is 0.0918. The van der Waals surface area contributed by atoms with Crippen molar-refractivity contribution in [1.82, 2.24) is 0 Å². The fourth-order valence-corrected chi connectivity index (χ4v) is 2.50. The Bertz CT molecular complexity index is 792. The molecule has 1 unspecified atom stereocenters. The summed E-state index contributed by atoms with van der Waals surface area (Å²) >= 11 is 0. The molecule has 0 amide bonds. The van der Waals surface area contributed by atoms with E-state index in [9.17, 15) is 9.90 Å². The van der Waals surface area contributed by atoms with Gasteiger partial charge in [-0.3, -0.25) is 0 Å². The number of hydrogen-bond acceptors (Lipinski definition) is 4. The molecular formula is C21H24N2O3. The summed E-state index contributed by atoms with van der Waals surface area (Å²) in [5.41, 5.74) is 2.83. The van der Waals surface area contributed by atoms with E-state index < -0.39 is 12.0 Å². The maximum absolute atomic E-state index is 11.8. The molecule has 5 nitrogen and oxygen atoms in total. The van der Waals surface area contributed by atoms with Crippen molar-refractivity contribution in [3.63, 3.8) is 0 Å². The molecular weight excluding hydrogens is 328 g/mol. The van der Waals surface area contributed by atoms with Crippen LogP contribution in [0.4, 0.5) is 5.69 Å². The molecule has 0 fully saturated rings. The Morgan fingerprint density at radius 1 is 1.23 bits per heavy atom. The van der Waals surface area contributed by atoms with Crippen LogP contribution in [-0.4, -0.2) is 17.7 Å². The second-order valence-corrected chi connectivity index (χ2v) is 6.57. The lowest BCUT2D eigenvalue weighted by molar-refractivity contribution is -0.138. The van der Waals surface area contributed by atoms with Crippen LogP contribution in [0, 0.1) is 17.2 Å². The van der Waals surface area contributed by atoms with Crippen molar-refractivity contribution >= 4 is 11.7 Å². The van der Waals surface area contributed by atoms with Crippen molar-refractivity contribution in [3.05, 3.63) is 59.2 Å². The lowest BCUT2D eigenvalue weighted by atomic mass is 10.0. The molecule has 0 aliphatic rings. The molecule has 0 bridgehead atoms. The van der Waals surface area contributed by atoms with Gasteiger partial charge in [-0.1, -0.05) is 26.8 Å². The maximum Gasteiger partial charge on any atom is 0.330 e. The summed E-state index contributed by atoms with van der Waals surface area (Å²) in [7, 11) is 0. The largest absolute Gasteiger partial charge is 0.493 e. The molecule has 0 saturated heterocycles. The van der Waals surface area contributed by atoms with Gasteiger partial charge in [0.2, 0.25) is 0 Å². The topological polar surface area (TPSA) is 82.3 Å². The fraction of sp³-hybridized carbons (Fsp3) is 0.333. The molecule has 0 aliphatic heterocycles. The first-order valence-electron chi connectivity index (χ1n) is 8.69.